The molecule has 1 aromatic heterocycles. The van der Waals surface area contributed by atoms with Crippen LogP contribution in [-0.2, 0) is 4.79 Å². The zero-order valence-corrected chi connectivity index (χ0v) is 11.7. The van der Waals surface area contributed by atoms with Crippen molar-refractivity contribution in [2.45, 2.75) is 38.0 Å². The maximum absolute atomic E-state index is 11.5. The first-order valence-electron chi connectivity index (χ1n) is 7.09. The van der Waals surface area contributed by atoms with Gasteiger partial charge < -0.3 is 10.2 Å². The van der Waals surface area contributed by atoms with Gasteiger partial charge >= 0.3 is 0 Å². The van der Waals surface area contributed by atoms with Crippen molar-refractivity contribution < 1.29 is 4.79 Å². The third-order valence-corrected chi connectivity index (χ3v) is 5.29. The van der Waals surface area contributed by atoms with E-state index in [-0.39, 0.29) is 11.3 Å². The van der Waals surface area contributed by atoms with Gasteiger partial charge in [-0.05, 0) is 25.7 Å². The van der Waals surface area contributed by atoms with Gasteiger partial charge in [0.05, 0.1) is 0 Å². The summed E-state index contributed by atoms with van der Waals surface area (Å²) in [7, 11) is 0. The lowest BCUT2D eigenvalue weighted by molar-refractivity contribution is -0.119. The lowest BCUT2D eigenvalue weighted by atomic mass is 9.79. The molecule has 5 nitrogen and oxygen atoms in total. The molecule has 1 aromatic rings. The summed E-state index contributed by atoms with van der Waals surface area (Å²) in [5.41, 5.74) is 0.140. The van der Waals surface area contributed by atoms with E-state index in [0.717, 1.165) is 43.4 Å². The average molecular weight is 278 g/mol. The molecule has 1 unspecified atom stereocenters. The van der Waals surface area contributed by atoms with Gasteiger partial charge in [0.15, 0.2) is 0 Å². The highest BCUT2D eigenvalue weighted by molar-refractivity contribution is 7.09. The monoisotopic (exact) mass is 278 g/mol. The van der Waals surface area contributed by atoms with E-state index in [1.165, 1.54) is 24.4 Å². The minimum atomic E-state index is 0.140. The first-order valence-corrected chi connectivity index (χ1v) is 7.87. The van der Waals surface area contributed by atoms with E-state index in [1.54, 1.807) is 0 Å². The Morgan fingerprint density at radius 3 is 3.05 bits per heavy atom. The number of nitrogens with one attached hydrogen (secondary N) is 1. The summed E-state index contributed by atoms with van der Waals surface area (Å²) in [4.78, 5) is 18.5. The highest BCUT2D eigenvalue weighted by Gasteiger charge is 2.42. The Balaban J connectivity index is 1.52. The lowest BCUT2D eigenvalue weighted by Crippen LogP contribution is -2.44. The molecule has 3 heterocycles. The molecule has 3 aliphatic rings. The Kier molecular flexibility index (Phi) is 2.55. The predicted molar refractivity (Wildman–Crippen MR) is 73.4 cm³/mol. The quantitative estimate of drug-likeness (QED) is 0.891. The molecule has 3 fully saturated rings. The SMILES string of the molecule is O=C1CC2(CCCN(c3nc(C4CC4)ns3)C2)CN1. The molecule has 0 bridgehead atoms. The van der Waals surface area contributed by atoms with E-state index in [1.807, 2.05) is 0 Å². The Hall–Kier alpha value is -1.17. The normalized spacial score (nSPS) is 30.9. The second-order valence-corrected chi connectivity index (χ2v) is 6.92. The van der Waals surface area contributed by atoms with E-state index in [4.69, 9.17) is 4.98 Å². The summed E-state index contributed by atoms with van der Waals surface area (Å²) in [6.07, 6.45) is 5.47. The van der Waals surface area contributed by atoms with Crippen LogP contribution in [0.3, 0.4) is 0 Å². The smallest absolute Gasteiger partial charge is 0.220 e. The number of piperidine rings is 1. The highest BCUT2D eigenvalue weighted by atomic mass is 32.1. The molecule has 1 amide bonds. The minimum absolute atomic E-state index is 0.140. The molecule has 19 heavy (non-hydrogen) atoms. The van der Waals surface area contributed by atoms with Crippen LogP contribution in [0, 0.1) is 5.41 Å². The minimum Gasteiger partial charge on any atom is -0.355 e. The van der Waals surface area contributed by atoms with Crippen molar-refractivity contribution in [2.75, 3.05) is 24.5 Å². The Bertz CT molecular complexity index is 512. The van der Waals surface area contributed by atoms with Gasteiger partial charge in [-0.25, -0.2) is 4.98 Å². The summed E-state index contributed by atoms with van der Waals surface area (Å²) in [6, 6.07) is 0. The van der Waals surface area contributed by atoms with Crippen LogP contribution in [0.2, 0.25) is 0 Å². The van der Waals surface area contributed by atoms with Gasteiger partial charge in [-0.3, -0.25) is 4.79 Å². The number of amides is 1. The zero-order chi connectivity index (χ0) is 12.9. The van der Waals surface area contributed by atoms with Crippen molar-refractivity contribution in [2.24, 2.45) is 5.41 Å². The molecule has 0 radical (unpaired) electrons. The number of anilines is 1. The summed E-state index contributed by atoms with van der Waals surface area (Å²) in [6.45, 7) is 2.83. The average Bonchev–Trinajstić information content (AvgIpc) is 3.04. The molecular weight excluding hydrogens is 260 g/mol. The molecule has 1 saturated carbocycles. The van der Waals surface area contributed by atoms with Crippen molar-refractivity contribution in [1.29, 1.82) is 0 Å². The molecule has 1 spiro atoms. The van der Waals surface area contributed by atoms with Gasteiger partial charge in [0, 0.05) is 48.9 Å². The molecule has 2 saturated heterocycles. The Morgan fingerprint density at radius 1 is 1.42 bits per heavy atom. The highest BCUT2D eigenvalue weighted by Crippen LogP contribution is 2.41. The topological polar surface area (TPSA) is 58.1 Å². The van der Waals surface area contributed by atoms with E-state index in [2.05, 4.69) is 14.6 Å². The van der Waals surface area contributed by atoms with Crippen LogP contribution in [0.1, 0.15) is 43.8 Å². The van der Waals surface area contributed by atoms with Gasteiger partial charge in [0.25, 0.3) is 0 Å². The van der Waals surface area contributed by atoms with Gasteiger partial charge in [-0.15, -0.1) is 0 Å². The second-order valence-electron chi connectivity index (χ2n) is 6.19. The fraction of sp³-hybridized carbons (Fsp3) is 0.769. The Morgan fingerprint density at radius 2 is 2.32 bits per heavy atom. The van der Waals surface area contributed by atoms with Gasteiger partial charge in [-0.1, -0.05) is 0 Å². The number of aromatic nitrogens is 2. The van der Waals surface area contributed by atoms with Crippen molar-refractivity contribution in [3.05, 3.63) is 5.82 Å². The number of rotatable bonds is 2. The number of nitrogens with zero attached hydrogens (tertiary/aromatic N) is 3. The summed E-state index contributed by atoms with van der Waals surface area (Å²) < 4.78 is 4.49. The van der Waals surface area contributed by atoms with Crippen LogP contribution >= 0.6 is 11.5 Å². The molecule has 1 N–H and O–H groups in total. The van der Waals surface area contributed by atoms with E-state index in [0.29, 0.717) is 12.3 Å². The van der Waals surface area contributed by atoms with Crippen LogP contribution in [0.4, 0.5) is 5.13 Å². The van der Waals surface area contributed by atoms with Crippen molar-refractivity contribution in [3.63, 3.8) is 0 Å². The molecule has 0 aromatic carbocycles. The standard InChI is InChI=1S/C13H18N4OS/c18-10-6-13(7-14-10)4-1-5-17(8-13)12-15-11(16-19-12)9-2-3-9/h9H,1-8H2,(H,14,18). The zero-order valence-electron chi connectivity index (χ0n) is 10.9. The molecule has 4 rings (SSSR count). The van der Waals surface area contributed by atoms with Crippen molar-refractivity contribution in [1.82, 2.24) is 14.7 Å². The van der Waals surface area contributed by atoms with E-state index >= 15 is 0 Å². The molecule has 6 heteroatoms. The maximum atomic E-state index is 11.5. The molecule has 2 aliphatic heterocycles. The third-order valence-electron chi connectivity index (χ3n) is 4.50. The number of carbonyl (C=O) groups is 1. The second kappa shape index (κ2) is 4.16. The molecule has 1 aliphatic carbocycles. The van der Waals surface area contributed by atoms with Crippen molar-refractivity contribution in [3.8, 4) is 0 Å². The molecular formula is C13H18N4OS. The van der Waals surface area contributed by atoms with E-state index < -0.39 is 0 Å². The third kappa shape index (κ3) is 2.12. The fourth-order valence-electron chi connectivity index (χ4n) is 3.27. The molecule has 1 atom stereocenters. The van der Waals surface area contributed by atoms with Gasteiger partial charge in [0.2, 0.25) is 11.0 Å². The number of hydrogen-bond donors (Lipinski definition) is 1. The summed E-state index contributed by atoms with van der Waals surface area (Å²) >= 11 is 1.53. The first kappa shape index (κ1) is 11.6. The lowest BCUT2D eigenvalue weighted by Gasteiger charge is -2.38. The molecule has 102 valence electrons. The van der Waals surface area contributed by atoms with Crippen LogP contribution < -0.4 is 10.2 Å². The predicted octanol–water partition coefficient (Wildman–Crippen LogP) is 1.52. The maximum Gasteiger partial charge on any atom is 0.220 e. The van der Waals surface area contributed by atoms with Crippen molar-refractivity contribution >= 4 is 22.6 Å². The fourth-order valence-corrected chi connectivity index (χ4v) is 4.04. The van der Waals surface area contributed by atoms with Crippen LogP contribution in [-0.4, -0.2) is 34.9 Å². The Labute approximate surface area is 116 Å². The number of hydrogen-bond acceptors (Lipinski definition) is 5. The summed E-state index contributed by atoms with van der Waals surface area (Å²) in [5, 5.41) is 4.04. The van der Waals surface area contributed by atoms with Crippen LogP contribution in [0.15, 0.2) is 0 Å². The van der Waals surface area contributed by atoms with Gasteiger partial charge in [0.1, 0.15) is 5.82 Å². The van der Waals surface area contributed by atoms with Crippen LogP contribution in [0.25, 0.3) is 0 Å². The van der Waals surface area contributed by atoms with E-state index in [9.17, 15) is 4.79 Å². The summed E-state index contributed by atoms with van der Waals surface area (Å²) in [5.74, 6) is 1.87. The van der Waals surface area contributed by atoms with Gasteiger partial charge in [-0.2, -0.15) is 4.37 Å². The first-order chi connectivity index (χ1) is 9.24. The largest absolute Gasteiger partial charge is 0.355 e. The number of carbonyl (C=O) groups excluding carboxylic acids is 1. The van der Waals surface area contributed by atoms with Crippen LogP contribution in [0.5, 0.6) is 0 Å².